The zero-order chi connectivity index (χ0) is 23.2. The lowest BCUT2D eigenvalue weighted by atomic mass is 10.0. The number of benzene rings is 2. The minimum Gasteiger partial charge on any atom is -0.340 e. The first-order chi connectivity index (χ1) is 14.5. The molecule has 2 aromatic carbocycles. The van der Waals surface area contributed by atoms with Gasteiger partial charge in [-0.25, -0.2) is 8.42 Å². The number of rotatable bonds is 9. The fourth-order valence-corrected chi connectivity index (χ4v) is 4.98. The van der Waals surface area contributed by atoms with Crippen LogP contribution in [0.5, 0.6) is 0 Å². The van der Waals surface area contributed by atoms with Gasteiger partial charge in [-0.1, -0.05) is 48.0 Å². The molecule has 0 heterocycles. The van der Waals surface area contributed by atoms with E-state index >= 15 is 0 Å². The number of nitrogens with zero attached hydrogens (tertiary/aromatic N) is 1. The van der Waals surface area contributed by atoms with Crippen molar-refractivity contribution >= 4 is 27.3 Å². The number of hydrogen-bond donors (Lipinski definition) is 1. The van der Waals surface area contributed by atoms with Gasteiger partial charge < -0.3 is 10.2 Å². The molecule has 0 fully saturated rings. The van der Waals surface area contributed by atoms with E-state index in [1.54, 1.807) is 7.05 Å². The normalized spacial score (nSPS) is 12.3. The van der Waals surface area contributed by atoms with Gasteiger partial charge in [0.15, 0.2) is 9.84 Å². The van der Waals surface area contributed by atoms with Crippen LogP contribution < -0.4 is 5.32 Å². The summed E-state index contributed by atoms with van der Waals surface area (Å²) >= 11 is 0. The second-order valence-electron chi connectivity index (χ2n) is 8.11. The number of amides is 2. The van der Waals surface area contributed by atoms with Gasteiger partial charge in [-0.3, -0.25) is 9.59 Å². The third-order valence-corrected chi connectivity index (χ3v) is 7.44. The molecule has 7 heteroatoms. The molecule has 0 aliphatic rings. The number of sulfone groups is 1. The summed E-state index contributed by atoms with van der Waals surface area (Å²) in [6, 6.07) is 13.4. The summed E-state index contributed by atoms with van der Waals surface area (Å²) in [6.07, 6.45) is 0.241. The molecule has 1 N–H and O–H groups in total. The highest BCUT2D eigenvalue weighted by atomic mass is 32.2. The van der Waals surface area contributed by atoms with E-state index in [0.29, 0.717) is 6.54 Å². The van der Waals surface area contributed by atoms with Crippen LogP contribution in [0.25, 0.3) is 0 Å². The van der Waals surface area contributed by atoms with Gasteiger partial charge in [0, 0.05) is 25.7 Å². The van der Waals surface area contributed by atoms with Crippen molar-refractivity contribution in [3.63, 3.8) is 0 Å². The summed E-state index contributed by atoms with van der Waals surface area (Å²) in [5.41, 5.74) is 4.76. The summed E-state index contributed by atoms with van der Waals surface area (Å²) in [6.45, 7) is 7.62. The monoisotopic (exact) mass is 444 g/mol. The Bertz CT molecular complexity index is 1010. The van der Waals surface area contributed by atoms with E-state index in [0.717, 1.165) is 27.9 Å². The molecule has 1 atom stereocenters. The number of aryl methyl sites for hydroxylation is 3. The van der Waals surface area contributed by atoms with Crippen LogP contribution in [0.2, 0.25) is 0 Å². The lowest BCUT2D eigenvalue weighted by Gasteiger charge is -2.21. The molecule has 2 aromatic rings. The molecule has 0 aliphatic carbocycles. The van der Waals surface area contributed by atoms with Gasteiger partial charge >= 0.3 is 0 Å². The summed E-state index contributed by atoms with van der Waals surface area (Å²) in [7, 11) is -2.06. The Hall–Kier alpha value is -2.67. The Kier molecular flexibility index (Phi) is 8.39. The fraction of sp³-hybridized carbons (Fsp3) is 0.417. The molecule has 0 aliphatic heterocycles. The Morgan fingerprint density at radius 3 is 2.19 bits per heavy atom. The van der Waals surface area contributed by atoms with E-state index in [2.05, 4.69) is 5.32 Å². The first-order valence-corrected chi connectivity index (χ1v) is 12.1. The Morgan fingerprint density at radius 2 is 1.61 bits per heavy atom. The number of nitrogens with one attached hydrogen (secondary N) is 1. The standard InChI is InChI=1S/C24H32N2O4S/c1-17-14-18(2)23(19(3)15-17)25-22(27)12-9-13-31(29,30)20(4)24(28)26(5)16-21-10-7-6-8-11-21/h6-8,10-11,14-15,20H,9,12-13,16H2,1-5H3,(H,25,27). The maximum atomic E-state index is 12.6. The second-order valence-corrected chi connectivity index (χ2v) is 10.6. The van der Waals surface area contributed by atoms with Crippen molar-refractivity contribution < 1.29 is 18.0 Å². The Morgan fingerprint density at radius 1 is 1.03 bits per heavy atom. The zero-order valence-electron chi connectivity index (χ0n) is 18.9. The molecule has 168 valence electrons. The highest BCUT2D eigenvalue weighted by Gasteiger charge is 2.30. The van der Waals surface area contributed by atoms with Crippen molar-refractivity contribution in [1.29, 1.82) is 0 Å². The van der Waals surface area contributed by atoms with E-state index in [1.807, 2.05) is 63.2 Å². The number of carbonyl (C=O) groups is 2. The number of hydrogen-bond acceptors (Lipinski definition) is 4. The highest BCUT2D eigenvalue weighted by Crippen LogP contribution is 2.22. The van der Waals surface area contributed by atoms with Crippen LogP contribution in [-0.4, -0.2) is 43.2 Å². The quantitative estimate of drug-likeness (QED) is 0.638. The molecule has 0 saturated heterocycles. The number of anilines is 1. The molecular weight excluding hydrogens is 412 g/mol. The van der Waals surface area contributed by atoms with Crippen molar-refractivity contribution in [2.75, 3.05) is 18.1 Å². The maximum Gasteiger partial charge on any atom is 0.240 e. The van der Waals surface area contributed by atoms with Crippen LogP contribution in [0, 0.1) is 20.8 Å². The van der Waals surface area contributed by atoms with E-state index in [4.69, 9.17) is 0 Å². The van der Waals surface area contributed by atoms with E-state index < -0.39 is 21.0 Å². The second kappa shape index (κ2) is 10.6. The van der Waals surface area contributed by atoms with Crippen molar-refractivity contribution in [2.24, 2.45) is 0 Å². The van der Waals surface area contributed by atoms with Crippen LogP contribution in [0.4, 0.5) is 5.69 Å². The van der Waals surface area contributed by atoms with Gasteiger partial charge in [0.2, 0.25) is 11.8 Å². The predicted octanol–water partition coefficient (Wildman–Crippen LogP) is 3.79. The molecule has 0 spiro atoms. The lowest BCUT2D eigenvalue weighted by Crippen LogP contribution is -2.40. The van der Waals surface area contributed by atoms with Crippen molar-refractivity contribution in [1.82, 2.24) is 4.90 Å². The van der Waals surface area contributed by atoms with Crippen molar-refractivity contribution in [3.05, 3.63) is 64.7 Å². The minimum absolute atomic E-state index is 0.0761. The molecule has 6 nitrogen and oxygen atoms in total. The summed E-state index contributed by atoms with van der Waals surface area (Å²) in [5, 5.41) is 1.73. The van der Waals surface area contributed by atoms with Gasteiger partial charge in [0.1, 0.15) is 5.25 Å². The van der Waals surface area contributed by atoms with Crippen LogP contribution in [0.15, 0.2) is 42.5 Å². The fourth-order valence-electron chi connectivity index (χ4n) is 3.59. The minimum atomic E-state index is -3.66. The van der Waals surface area contributed by atoms with Crippen molar-refractivity contribution in [3.8, 4) is 0 Å². The molecule has 0 radical (unpaired) electrons. The predicted molar refractivity (Wildman–Crippen MR) is 125 cm³/mol. The largest absolute Gasteiger partial charge is 0.340 e. The smallest absolute Gasteiger partial charge is 0.240 e. The molecule has 1 unspecified atom stereocenters. The van der Waals surface area contributed by atoms with Crippen LogP contribution in [0.3, 0.4) is 0 Å². The topological polar surface area (TPSA) is 83.5 Å². The Balaban J connectivity index is 1.89. The molecular formula is C24H32N2O4S. The molecule has 31 heavy (non-hydrogen) atoms. The average Bonchev–Trinajstić information content (AvgIpc) is 2.70. The van der Waals surface area contributed by atoms with Crippen LogP contribution >= 0.6 is 0 Å². The maximum absolute atomic E-state index is 12.6. The van der Waals surface area contributed by atoms with Gasteiger partial charge in [0.05, 0.1) is 5.75 Å². The molecule has 2 amide bonds. The highest BCUT2D eigenvalue weighted by molar-refractivity contribution is 7.92. The van der Waals surface area contributed by atoms with Gasteiger partial charge in [-0.05, 0) is 50.8 Å². The first kappa shape index (κ1) is 24.6. The molecule has 0 saturated carbocycles. The van der Waals surface area contributed by atoms with Gasteiger partial charge in [0.25, 0.3) is 0 Å². The zero-order valence-corrected chi connectivity index (χ0v) is 19.8. The SMILES string of the molecule is Cc1cc(C)c(NC(=O)CCCS(=O)(=O)C(C)C(=O)N(C)Cc2ccccc2)c(C)c1. The van der Waals surface area contributed by atoms with Gasteiger partial charge in [-0.2, -0.15) is 0 Å². The van der Waals surface area contributed by atoms with E-state index in [9.17, 15) is 18.0 Å². The van der Waals surface area contributed by atoms with Crippen molar-refractivity contribution in [2.45, 2.75) is 52.3 Å². The summed E-state index contributed by atoms with van der Waals surface area (Å²) < 4.78 is 25.3. The van der Waals surface area contributed by atoms with Crippen LogP contribution in [0.1, 0.15) is 42.0 Å². The lowest BCUT2D eigenvalue weighted by molar-refractivity contribution is -0.129. The summed E-state index contributed by atoms with van der Waals surface area (Å²) in [5.74, 6) is -0.886. The molecule has 2 rings (SSSR count). The Labute approximate surface area is 185 Å². The molecule has 0 aromatic heterocycles. The van der Waals surface area contributed by atoms with E-state index in [1.165, 1.54) is 11.8 Å². The summed E-state index contributed by atoms with van der Waals surface area (Å²) in [4.78, 5) is 26.3. The van der Waals surface area contributed by atoms with Gasteiger partial charge in [-0.15, -0.1) is 0 Å². The average molecular weight is 445 g/mol. The number of carbonyl (C=O) groups excluding carboxylic acids is 2. The third kappa shape index (κ3) is 6.92. The first-order valence-electron chi connectivity index (χ1n) is 10.4. The molecule has 0 bridgehead atoms. The van der Waals surface area contributed by atoms with E-state index in [-0.39, 0.29) is 24.5 Å². The van der Waals surface area contributed by atoms with Crippen LogP contribution in [-0.2, 0) is 26.0 Å². The third-order valence-electron chi connectivity index (χ3n) is 5.30.